The smallest absolute Gasteiger partial charge is 0.320 e. The number of likely N-dealkylation sites (tertiary alicyclic amines) is 1. The Balaban J connectivity index is 3.04. The van der Waals surface area contributed by atoms with Crippen molar-refractivity contribution in [3.05, 3.63) is 0 Å². The molecule has 0 aromatic heterocycles. The fourth-order valence-electron chi connectivity index (χ4n) is 3.09. The first kappa shape index (κ1) is 19.2. The van der Waals surface area contributed by atoms with Crippen LogP contribution < -0.4 is 11.1 Å². The van der Waals surface area contributed by atoms with E-state index in [1.165, 1.54) is 11.8 Å². The number of nitrogens with two attached hydrogens (primary N) is 1. The van der Waals surface area contributed by atoms with Crippen LogP contribution in [0, 0.1) is 5.92 Å². The lowest BCUT2D eigenvalue weighted by Crippen LogP contribution is -2.55. The van der Waals surface area contributed by atoms with Crippen molar-refractivity contribution < 1.29 is 19.5 Å². The molecule has 1 rings (SSSR count). The molecule has 132 valence electrons. The molecule has 1 saturated heterocycles. The fraction of sp³-hybridized carbons (Fsp3) is 0.800. The van der Waals surface area contributed by atoms with Gasteiger partial charge in [0.2, 0.25) is 5.91 Å². The van der Waals surface area contributed by atoms with Crippen LogP contribution in [0.25, 0.3) is 0 Å². The summed E-state index contributed by atoms with van der Waals surface area (Å²) in [6.45, 7) is 9.20. The average molecular weight is 328 g/mol. The quantitative estimate of drug-likeness (QED) is 0.660. The summed E-state index contributed by atoms with van der Waals surface area (Å²) in [6.07, 6.45) is 0. The van der Waals surface area contributed by atoms with E-state index in [4.69, 9.17) is 5.73 Å². The second-order valence-corrected chi connectivity index (χ2v) is 6.56. The molecule has 1 heterocycles. The summed E-state index contributed by atoms with van der Waals surface area (Å²) in [5.41, 5.74) is 6.05. The maximum absolute atomic E-state index is 12.9. The van der Waals surface area contributed by atoms with Crippen molar-refractivity contribution in [2.75, 3.05) is 13.1 Å². The molecular weight excluding hydrogens is 300 g/mol. The van der Waals surface area contributed by atoms with Crippen molar-refractivity contribution in [3.8, 4) is 0 Å². The minimum absolute atomic E-state index is 0.0241. The third-order valence-electron chi connectivity index (χ3n) is 4.16. The van der Waals surface area contributed by atoms with Gasteiger partial charge in [0.15, 0.2) is 0 Å². The Morgan fingerprint density at radius 3 is 2.17 bits per heavy atom. The molecule has 0 aliphatic carbocycles. The number of rotatable bonds is 5. The van der Waals surface area contributed by atoms with Crippen LogP contribution in [0.15, 0.2) is 0 Å². The molecule has 0 radical (unpaired) electrons. The van der Waals surface area contributed by atoms with E-state index in [1.54, 1.807) is 4.90 Å². The van der Waals surface area contributed by atoms with Crippen molar-refractivity contribution in [2.24, 2.45) is 11.7 Å². The van der Waals surface area contributed by atoms with Gasteiger partial charge in [-0.05, 0) is 27.7 Å². The largest absolute Gasteiger partial charge is 0.481 e. The van der Waals surface area contributed by atoms with Crippen LogP contribution in [0.4, 0.5) is 4.79 Å². The monoisotopic (exact) mass is 328 g/mol. The van der Waals surface area contributed by atoms with Gasteiger partial charge in [-0.3, -0.25) is 9.59 Å². The van der Waals surface area contributed by atoms with E-state index in [0.717, 1.165) is 0 Å². The summed E-state index contributed by atoms with van der Waals surface area (Å²) < 4.78 is 0. The summed E-state index contributed by atoms with van der Waals surface area (Å²) >= 11 is 0. The van der Waals surface area contributed by atoms with Crippen molar-refractivity contribution >= 4 is 17.9 Å². The lowest BCUT2D eigenvalue weighted by Gasteiger charge is -2.37. The topological polar surface area (TPSA) is 116 Å². The number of carbonyl (C=O) groups is 3. The van der Waals surface area contributed by atoms with Gasteiger partial charge >= 0.3 is 12.0 Å². The van der Waals surface area contributed by atoms with Gasteiger partial charge in [0.05, 0.1) is 12.0 Å². The summed E-state index contributed by atoms with van der Waals surface area (Å²) in [6, 6.07) is -1.55. The number of carbonyl (C=O) groups excluding carboxylic acids is 2. The maximum Gasteiger partial charge on any atom is 0.320 e. The standard InChI is InChI=1S/C15H28N4O4/c1-8(2)19(9(3)4)15(23)18-7-11(14(21)22)13(16)12(18)6-17-10(5)20/h8-9,11-13H,6-7,16H2,1-5H3,(H,17,20)(H,21,22)/t11-,12+,13-/m1/s1. The molecule has 1 aliphatic rings. The first-order valence-corrected chi connectivity index (χ1v) is 7.89. The van der Waals surface area contributed by atoms with Gasteiger partial charge in [-0.2, -0.15) is 0 Å². The Labute approximate surface area is 137 Å². The Kier molecular flexibility index (Phi) is 6.37. The van der Waals surface area contributed by atoms with E-state index in [-0.39, 0.29) is 37.1 Å². The SMILES string of the molecule is CC(=O)NC[C@H]1[C@H](N)[C@H](C(=O)O)CN1C(=O)N(C(C)C)C(C)C. The van der Waals surface area contributed by atoms with E-state index in [1.807, 2.05) is 27.7 Å². The minimum atomic E-state index is -1.03. The zero-order chi connectivity index (χ0) is 17.9. The molecule has 1 aliphatic heterocycles. The molecule has 8 nitrogen and oxygen atoms in total. The van der Waals surface area contributed by atoms with E-state index in [2.05, 4.69) is 5.32 Å². The predicted molar refractivity (Wildman–Crippen MR) is 85.8 cm³/mol. The van der Waals surface area contributed by atoms with Gasteiger partial charge in [-0.15, -0.1) is 0 Å². The van der Waals surface area contributed by atoms with Crippen LogP contribution in [0.2, 0.25) is 0 Å². The van der Waals surface area contributed by atoms with Crippen molar-refractivity contribution in [1.82, 2.24) is 15.1 Å². The number of hydrogen-bond donors (Lipinski definition) is 3. The minimum Gasteiger partial charge on any atom is -0.481 e. The highest BCUT2D eigenvalue weighted by atomic mass is 16.4. The number of nitrogens with one attached hydrogen (secondary N) is 1. The molecule has 0 bridgehead atoms. The van der Waals surface area contributed by atoms with Gasteiger partial charge in [-0.1, -0.05) is 0 Å². The molecule has 23 heavy (non-hydrogen) atoms. The Morgan fingerprint density at radius 2 is 1.78 bits per heavy atom. The summed E-state index contributed by atoms with van der Waals surface area (Å²) in [4.78, 5) is 38.6. The summed E-state index contributed by atoms with van der Waals surface area (Å²) in [7, 11) is 0. The van der Waals surface area contributed by atoms with E-state index in [9.17, 15) is 19.5 Å². The van der Waals surface area contributed by atoms with Gasteiger partial charge in [0, 0.05) is 38.1 Å². The van der Waals surface area contributed by atoms with E-state index >= 15 is 0 Å². The van der Waals surface area contributed by atoms with E-state index < -0.39 is 24.0 Å². The number of urea groups is 1. The molecule has 0 spiro atoms. The average Bonchev–Trinajstić information content (AvgIpc) is 2.72. The lowest BCUT2D eigenvalue weighted by atomic mass is 10.00. The van der Waals surface area contributed by atoms with Crippen molar-refractivity contribution in [1.29, 1.82) is 0 Å². The van der Waals surface area contributed by atoms with Crippen LogP contribution >= 0.6 is 0 Å². The number of hydrogen-bond acceptors (Lipinski definition) is 4. The van der Waals surface area contributed by atoms with Gasteiger partial charge in [0.25, 0.3) is 0 Å². The van der Waals surface area contributed by atoms with Crippen LogP contribution in [0.5, 0.6) is 0 Å². The molecule has 0 aromatic rings. The number of nitrogens with zero attached hydrogens (tertiary/aromatic N) is 2. The van der Waals surface area contributed by atoms with Crippen molar-refractivity contribution in [3.63, 3.8) is 0 Å². The zero-order valence-electron chi connectivity index (χ0n) is 14.4. The Hall–Kier alpha value is -1.83. The van der Waals surface area contributed by atoms with Gasteiger partial charge in [0.1, 0.15) is 0 Å². The fourth-order valence-corrected chi connectivity index (χ4v) is 3.09. The summed E-state index contributed by atoms with van der Waals surface area (Å²) in [5, 5.41) is 12.0. The first-order valence-electron chi connectivity index (χ1n) is 7.89. The molecular formula is C15H28N4O4. The molecule has 4 N–H and O–H groups in total. The Bertz CT molecular complexity index is 458. The summed E-state index contributed by atoms with van der Waals surface area (Å²) in [5.74, 6) is -2.10. The van der Waals surface area contributed by atoms with Crippen LogP contribution in [0.3, 0.4) is 0 Å². The van der Waals surface area contributed by atoms with Crippen molar-refractivity contribution in [2.45, 2.75) is 58.8 Å². The number of aliphatic carboxylic acids is 1. The molecule has 3 atom stereocenters. The zero-order valence-corrected chi connectivity index (χ0v) is 14.4. The number of carboxylic acid groups (broad SMARTS) is 1. The highest BCUT2D eigenvalue weighted by Gasteiger charge is 2.46. The molecule has 0 unspecified atom stereocenters. The Morgan fingerprint density at radius 1 is 1.26 bits per heavy atom. The molecule has 1 fully saturated rings. The second-order valence-electron chi connectivity index (χ2n) is 6.56. The highest BCUT2D eigenvalue weighted by molar-refractivity contribution is 5.79. The second kappa shape index (κ2) is 7.63. The maximum atomic E-state index is 12.9. The highest BCUT2D eigenvalue weighted by Crippen LogP contribution is 2.25. The van der Waals surface area contributed by atoms with Crippen LogP contribution in [0.1, 0.15) is 34.6 Å². The lowest BCUT2D eigenvalue weighted by molar-refractivity contribution is -0.141. The molecule has 0 saturated carbocycles. The van der Waals surface area contributed by atoms with Gasteiger partial charge < -0.3 is 26.0 Å². The van der Waals surface area contributed by atoms with Crippen LogP contribution in [-0.2, 0) is 9.59 Å². The third kappa shape index (κ3) is 4.34. The normalized spacial score (nSPS) is 24.2. The number of carboxylic acids is 1. The molecule has 3 amide bonds. The van der Waals surface area contributed by atoms with Crippen LogP contribution in [-0.4, -0.2) is 70.1 Å². The van der Waals surface area contributed by atoms with E-state index in [0.29, 0.717) is 0 Å². The first-order chi connectivity index (χ1) is 10.6. The molecule has 0 aromatic carbocycles. The molecule has 8 heteroatoms. The van der Waals surface area contributed by atoms with Gasteiger partial charge in [-0.25, -0.2) is 4.79 Å². The number of amides is 3. The third-order valence-corrected chi connectivity index (χ3v) is 4.16. The predicted octanol–water partition coefficient (Wildman–Crippen LogP) is 0.0736.